The van der Waals surface area contributed by atoms with Gasteiger partial charge in [0.2, 0.25) is 11.8 Å². The van der Waals surface area contributed by atoms with Crippen LogP contribution in [-0.4, -0.2) is 94.4 Å². The van der Waals surface area contributed by atoms with Crippen LogP contribution in [0.4, 0.5) is 0 Å². The monoisotopic (exact) mass is 413 g/mol. The van der Waals surface area contributed by atoms with Crippen molar-refractivity contribution in [2.24, 2.45) is 0 Å². The van der Waals surface area contributed by atoms with E-state index in [1.54, 1.807) is 12.4 Å². The van der Waals surface area contributed by atoms with E-state index in [0.717, 1.165) is 18.7 Å². The standard InChI is InChI=1S/C21H31N7O2/c1-4-25(2)20(17-8-6-5-7-9-17)21(30)27-13-12-26(3)18(15-27)14-22-19(29)16-28-23-10-11-24-28/h5-11,18,20H,4,12-16H2,1-3H3,(H,22,29). The Hall–Kier alpha value is -2.78. The zero-order valence-corrected chi connectivity index (χ0v) is 17.9. The molecule has 2 aromatic rings. The van der Waals surface area contributed by atoms with Gasteiger partial charge in [-0.15, -0.1) is 0 Å². The van der Waals surface area contributed by atoms with Crippen LogP contribution in [0.25, 0.3) is 0 Å². The van der Waals surface area contributed by atoms with Gasteiger partial charge in [0.25, 0.3) is 0 Å². The fourth-order valence-electron chi connectivity index (χ4n) is 3.68. The van der Waals surface area contributed by atoms with E-state index in [2.05, 4.69) is 32.2 Å². The number of likely N-dealkylation sites (N-methyl/N-ethyl adjacent to an activating group) is 2. The van der Waals surface area contributed by atoms with Gasteiger partial charge in [-0.1, -0.05) is 37.3 Å². The van der Waals surface area contributed by atoms with Crippen molar-refractivity contribution >= 4 is 11.8 Å². The minimum absolute atomic E-state index is 0.0561. The minimum atomic E-state index is -0.305. The molecule has 0 bridgehead atoms. The number of nitrogens with zero attached hydrogens (tertiary/aromatic N) is 6. The van der Waals surface area contributed by atoms with E-state index < -0.39 is 0 Å². The van der Waals surface area contributed by atoms with Gasteiger partial charge in [0.1, 0.15) is 12.6 Å². The van der Waals surface area contributed by atoms with E-state index >= 15 is 0 Å². The molecule has 0 radical (unpaired) electrons. The molecule has 9 heteroatoms. The number of carbonyl (C=O) groups excluding carboxylic acids is 2. The number of nitrogens with one attached hydrogen (secondary N) is 1. The van der Waals surface area contributed by atoms with Crippen LogP contribution in [-0.2, 0) is 16.1 Å². The predicted molar refractivity (Wildman–Crippen MR) is 114 cm³/mol. The van der Waals surface area contributed by atoms with Crippen LogP contribution < -0.4 is 5.32 Å². The second kappa shape index (κ2) is 10.3. The van der Waals surface area contributed by atoms with Crippen molar-refractivity contribution in [1.29, 1.82) is 0 Å². The maximum Gasteiger partial charge on any atom is 0.244 e. The van der Waals surface area contributed by atoms with Crippen LogP contribution in [0.2, 0.25) is 0 Å². The molecule has 1 aliphatic rings. The Bertz CT molecular complexity index is 812. The van der Waals surface area contributed by atoms with Crippen LogP contribution in [0, 0.1) is 0 Å². The minimum Gasteiger partial charge on any atom is -0.353 e. The molecule has 1 aromatic heterocycles. The van der Waals surface area contributed by atoms with Crippen LogP contribution in [0.15, 0.2) is 42.7 Å². The number of rotatable bonds is 8. The predicted octanol–water partition coefficient (Wildman–Crippen LogP) is 0.230. The van der Waals surface area contributed by atoms with Gasteiger partial charge < -0.3 is 10.2 Å². The highest BCUT2D eigenvalue weighted by atomic mass is 16.2. The second-order valence-corrected chi connectivity index (χ2v) is 7.67. The van der Waals surface area contributed by atoms with Crippen molar-refractivity contribution in [2.45, 2.75) is 25.6 Å². The van der Waals surface area contributed by atoms with Crippen LogP contribution >= 0.6 is 0 Å². The molecule has 0 saturated carbocycles. The second-order valence-electron chi connectivity index (χ2n) is 7.67. The fourth-order valence-corrected chi connectivity index (χ4v) is 3.68. The van der Waals surface area contributed by atoms with Crippen molar-refractivity contribution in [3.05, 3.63) is 48.3 Å². The molecule has 0 spiro atoms. The molecular weight excluding hydrogens is 382 g/mol. The molecule has 30 heavy (non-hydrogen) atoms. The van der Waals surface area contributed by atoms with Gasteiger partial charge >= 0.3 is 0 Å². The Morgan fingerprint density at radius 3 is 2.57 bits per heavy atom. The van der Waals surface area contributed by atoms with Gasteiger partial charge in [0.15, 0.2) is 0 Å². The summed E-state index contributed by atoms with van der Waals surface area (Å²) in [4.78, 5) is 33.2. The topological polar surface area (TPSA) is 86.6 Å². The van der Waals surface area contributed by atoms with Gasteiger partial charge in [0.05, 0.1) is 12.4 Å². The van der Waals surface area contributed by atoms with Gasteiger partial charge in [-0.25, -0.2) is 0 Å². The number of carbonyl (C=O) groups is 2. The first-order valence-corrected chi connectivity index (χ1v) is 10.3. The number of aromatic nitrogens is 3. The number of benzene rings is 1. The van der Waals surface area contributed by atoms with Crippen molar-refractivity contribution in [3.63, 3.8) is 0 Å². The lowest BCUT2D eigenvalue weighted by Gasteiger charge is -2.41. The summed E-state index contributed by atoms with van der Waals surface area (Å²) in [6, 6.07) is 9.66. The molecule has 2 unspecified atom stereocenters. The van der Waals surface area contributed by atoms with E-state index in [0.29, 0.717) is 19.6 Å². The first kappa shape index (κ1) is 21.9. The molecular formula is C21H31N7O2. The Kier molecular flexibility index (Phi) is 7.53. The third-order valence-corrected chi connectivity index (χ3v) is 5.66. The third kappa shape index (κ3) is 5.43. The molecule has 1 N–H and O–H groups in total. The Morgan fingerprint density at radius 2 is 1.90 bits per heavy atom. The van der Waals surface area contributed by atoms with Crippen LogP contribution in [0.5, 0.6) is 0 Å². The highest BCUT2D eigenvalue weighted by Crippen LogP contribution is 2.23. The molecule has 2 atom stereocenters. The Labute approximate surface area is 177 Å². The third-order valence-electron chi connectivity index (χ3n) is 5.66. The van der Waals surface area contributed by atoms with Gasteiger partial charge in [-0.2, -0.15) is 15.0 Å². The summed E-state index contributed by atoms with van der Waals surface area (Å²) in [6.45, 7) is 5.42. The van der Waals surface area contributed by atoms with Gasteiger partial charge in [0, 0.05) is 32.2 Å². The first-order chi connectivity index (χ1) is 14.5. The van der Waals surface area contributed by atoms with E-state index in [4.69, 9.17) is 0 Å². The fraction of sp³-hybridized carbons (Fsp3) is 0.524. The van der Waals surface area contributed by atoms with Crippen molar-refractivity contribution in [2.75, 3.05) is 46.8 Å². The first-order valence-electron chi connectivity index (χ1n) is 10.3. The number of piperazine rings is 1. The Morgan fingerprint density at radius 1 is 1.20 bits per heavy atom. The average molecular weight is 414 g/mol. The molecule has 1 fully saturated rings. The molecule has 2 amide bonds. The molecule has 0 aliphatic carbocycles. The summed E-state index contributed by atoms with van der Waals surface area (Å²) < 4.78 is 0. The van der Waals surface area contributed by atoms with E-state index in [1.807, 2.05) is 49.3 Å². The number of hydrogen-bond acceptors (Lipinski definition) is 6. The normalized spacial score (nSPS) is 18.4. The smallest absolute Gasteiger partial charge is 0.244 e. The zero-order valence-electron chi connectivity index (χ0n) is 17.9. The Balaban J connectivity index is 1.62. The molecule has 3 rings (SSSR count). The highest BCUT2D eigenvalue weighted by Gasteiger charge is 2.33. The van der Waals surface area contributed by atoms with E-state index in [-0.39, 0.29) is 30.4 Å². The van der Waals surface area contributed by atoms with Gasteiger partial charge in [-0.3, -0.25) is 19.4 Å². The summed E-state index contributed by atoms with van der Waals surface area (Å²) >= 11 is 0. The lowest BCUT2D eigenvalue weighted by molar-refractivity contribution is -0.139. The lowest BCUT2D eigenvalue weighted by atomic mass is 10.0. The SMILES string of the molecule is CCN(C)C(C(=O)N1CCN(C)C(CNC(=O)Cn2nccn2)C1)c1ccccc1. The summed E-state index contributed by atoms with van der Waals surface area (Å²) in [5.74, 6) is -0.0355. The van der Waals surface area contributed by atoms with Crippen molar-refractivity contribution < 1.29 is 9.59 Å². The zero-order chi connectivity index (χ0) is 21.5. The van der Waals surface area contributed by atoms with Crippen LogP contribution in [0.3, 0.4) is 0 Å². The van der Waals surface area contributed by atoms with Gasteiger partial charge in [-0.05, 0) is 26.2 Å². The number of hydrogen-bond donors (Lipinski definition) is 1. The largest absolute Gasteiger partial charge is 0.353 e. The molecule has 9 nitrogen and oxygen atoms in total. The van der Waals surface area contributed by atoms with E-state index in [1.165, 1.54) is 4.80 Å². The summed E-state index contributed by atoms with van der Waals surface area (Å²) in [6.07, 6.45) is 3.09. The summed E-state index contributed by atoms with van der Waals surface area (Å²) in [5, 5.41) is 10.8. The molecule has 2 heterocycles. The highest BCUT2D eigenvalue weighted by molar-refractivity contribution is 5.83. The summed E-state index contributed by atoms with van der Waals surface area (Å²) in [5.41, 5.74) is 1.00. The van der Waals surface area contributed by atoms with Crippen LogP contribution in [0.1, 0.15) is 18.5 Å². The quantitative estimate of drug-likeness (QED) is 0.667. The maximum atomic E-state index is 13.5. The lowest BCUT2D eigenvalue weighted by Crippen LogP contribution is -2.58. The summed E-state index contributed by atoms with van der Waals surface area (Å²) in [7, 11) is 4.01. The molecule has 1 saturated heterocycles. The average Bonchev–Trinajstić information content (AvgIpc) is 3.26. The molecule has 1 aromatic carbocycles. The maximum absolute atomic E-state index is 13.5. The molecule has 162 valence electrons. The van der Waals surface area contributed by atoms with Crippen molar-refractivity contribution in [1.82, 2.24) is 35.0 Å². The van der Waals surface area contributed by atoms with E-state index in [9.17, 15) is 9.59 Å². The van der Waals surface area contributed by atoms with Crippen molar-refractivity contribution in [3.8, 4) is 0 Å². The number of amides is 2. The molecule has 1 aliphatic heterocycles.